The van der Waals surface area contributed by atoms with Gasteiger partial charge < -0.3 is 25.2 Å². The first-order valence-electron chi connectivity index (χ1n) is 13.1. The Labute approximate surface area is 237 Å². The predicted octanol–water partition coefficient (Wildman–Crippen LogP) is 3.78. The largest absolute Gasteiger partial charge is 0.467 e. The van der Waals surface area contributed by atoms with Gasteiger partial charge in [0, 0.05) is 48.0 Å². The van der Waals surface area contributed by atoms with E-state index in [1.54, 1.807) is 24.5 Å². The fourth-order valence-electron chi connectivity index (χ4n) is 5.14. The van der Waals surface area contributed by atoms with Gasteiger partial charge in [-0.15, -0.1) is 0 Å². The second kappa shape index (κ2) is 11.5. The lowest BCUT2D eigenvalue weighted by Gasteiger charge is -2.44. The van der Waals surface area contributed by atoms with Crippen molar-refractivity contribution in [2.75, 3.05) is 41.9 Å². The number of aromatic nitrogens is 5. The van der Waals surface area contributed by atoms with Gasteiger partial charge in [0.05, 0.1) is 26.8 Å². The summed E-state index contributed by atoms with van der Waals surface area (Å²) in [6.45, 7) is -1.63. The van der Waals surface area contributed by atoms with Crippen LogP contribution in [-0.4, -0.2) is 85.8 Å². The molecule has 3 N–H and O–H groups in total. The van der Waals surface area contributed by atoms with Crippen LogP contribution in [0.4, 0.5) is 39.9 Å². The number of pyridine rings is 1. The Morgan fingerprint density at radius 2 is 1.74 bits per heavy atom. The number of hydrogen-bond acceptors (Lipinski definition) is 10. The number of alkyl halides is 4. The maximum Gasteiger partial charge on any atom is 0.421 e. The van der Waals surface area contributed by atoms with Gasteiger partial charge in [-0.1, -0.05) is 0 Å². The molecule has 1 saturated carbocycles. The van der Waals surface area contributed by atoms with Gasteiger partial charge in [0.15, 0.2) is 5.67 Å². The van der Waals surface area contributed by atoms with Crippen LogP contribution in [0.2, 0.25) is 0 Å². The first-order chi connectivity index (χ1) is 20.0. The van der Waals surface area contributed by atoms with Gasteiger partial charge in [0.2, 0.25) is 5.95 Å². The lowest BCUT2D eigenvalue weighted by Crippen LogP contribution is -2.61. The van der Waals surface area contributed by atoms with Gasteiger partial charge in [-0.05, 0) is 37.8 Å². The zero-order valence-corrected chi connectivity index (χ0v) is 22.4. The molecule has 2 fully saturated rings. The van der Waals surface area contributed by atoms with E-state index in [2.05, 4.69) is 30.2 Å². The number of ether oxygens (including phenoxy) is 1. The summed E-state index contributed by atoms with van der Waals surface area (Å²) in [4.78, 5) is 34.8. The van der Waals surface area contributed by atoms with E-state index in [0.29, 0.717) is 43.0 Å². The van der Waals surface area contributed by atoms with Crippen LogP contribution in [0.3, 0.4) is 0 Å². The molecule has 12 nitrogen and oxygen atoms in total. The molecule has 42 heavy (non-hydrogen) atoms. The number of carbonyl (C=O) groups is 1. The van der Waals surface area contributed by atoms with Crippen LogP contribution in [0, 0.1) is 0 Å². The van der Waals surface area contributed by atoms with E-state index in [1.807, 2.05) is 0 Å². The van der Waals surface area contributed by atoms with Crippen molar-refractivity contribution in [3.05, 3.63) is 42.5 Å². The number of amides is 1. The van der Waals surface area contributed by atoms with E-state index < -0.39 is 49.0 Å². The molecular formula is C26H28F4N8O4. The molecule has 4 heterocycles. The Morgan fingerprint density at radius 1 is 1.07 bits per heavy atom. The van der Waals surface area contributed by atoms with E-state index in [0.717, 1.165) is 4.90 Å². The van der Waals surface area contributed by atoms with Crippen molar-refractivity contribution < 1.29 is 37.3 Å². The lowest BCUT2D eigenvalue weighted by molar-refractivity contribution is -0.137. The molecule has 0 spiro atoms. The van der Waals surface area contributed by atoms with Crippen molar-refractivity contribution >= 4 is 23.7 Å². The Bertz CT molecular complexity index is 1400. The van der Waals surface area contributed by atoms with Crippen molar-refractivity contribution in [1.29, 1.82) is 0 Å². The summed E-state index contributed by atoms with van der Waals surface area (Å²) < 4.78 is 59.8. The fraction of sp³-hybridized carbons (Fsp3) is 0.462. The highest BCUT2D eigenvalue weighted by atomic mass is 19.4. The highest BCUT2D eigenvalue weighted by Crippen LogP contribution is 2.40. The minimum absolute atomic E-state index is 0.0448. The number of carboxylic acid groups (broad SMARTS) is 1. The third-order valence-corrected chi connectivity index (χ3v) is 7.35. The van der Waals surface area contributed by atoms with Gasteiger partial charge in [-0.2, -0.15) is 18.2 Å². The highest BCUT2D eigenvalue weighted by molar-refractivity contribution is 5.85. The Morgan fingerprint density at radius 3 is 2.29 bits per heavy atom. The van der Waals surface area contributed by atoms with Gasteiger partial charge in [0.1, 0.15) is 17.2 Å². The average molecular weight is 593 g/mol. The summed E-state index contributed by atoms with van der Waals surface area (Å²) in [5, 5.41) is 22.1. The maximum atomic E-state index is 14.2. The first-order valence-corrected chi connectivity index (χ1v) is 13.1. The van der Waals surface area contributed by atoms with E-state index in [9.17, 15) is 27.5 Å². The number of rotatable bonds is 8. The number of nitrogens with zero attached hydrogens (tertiary/aromatic N) is 7. The minimum Gasteiger partial charge on any atom is -0.467 e. The summed E-state index contributed by atoms with van der Waals surface area (Å²) >= 11 is 0. The van der Waals surface area contributed by atoms with E-state index in [4.69, 9.17) is 9.84 Å². The molecule has 1 aliphatic heterocycles. The van der Waals surface area contributed by atoms with Crippen molar-refractivity contribution in [3.8, 4) is 17.1 Å². The smallest absolute Gasteiger partial charge is 0.421 e. The molecule has 0 atom stereocenters. The van der Waals surface area contributed by atoms with Crippen LogP contribution in [0.15, 0.2) is 36.9 Å². The standard InChI is InChI=1S/C26H28F4N8O4/c1-42-23-33-9-16(10-34-23)15-2-7-20(31-8-15)38(24(40)41)18-5-3-17(4-6-18)35-22-32-11-19(26(28,29)30)21(36-22)37-12-25(27,13-37)14-39/h2,7-11,17-18,39H,3-6,12-14H2,1H3,(H,40,41)(H,32,35,36). The van der Waals surface area contributed by atoms with Crippen molar-refractivity contribution in [2.24, 2.45) is 0 Å². The minimum atomic E-state index is -4.74. The maximum absolute atomic E-state index is 14.2. The van der Waals surface area contributed by atoms with Gasteiger partial charge in [-0.3, -0.25) is 4.90 Å². The second-order valence-electron chi connectivity index (χ2n) is 10.3. The lowest BCUT2D eigenvalue weighted by atomic mass is 9.90. The third-order valence-electron chi connectivity index (χ3n) is 7.35. The molecule has 3 aromatic heterocycles. The molecule has 5 rings (SSSR count). The van der Waals surface area contributed by atoms with Gasteiger partial charge in [0.25, 0.3) is 0 Å². The van der Waals surface area contributed by atoms with Crippen LogP contribution >= 0.6 is 0 Å². The molecule has 0 unspecified atom stereocenters. The molecule has 16 heteroatoms. The zero-order chi connectivity index (χ0) is 30.1. The Hall–Kier alpha value is -4.34. The van der Waals surface area contributed by atoms with Crippen molar-refractivity contribution in [2.45, 2.75) is 49.6 Å². The number of nitrogens with one attached hydrogen (secondary N) is 1. The zero-order valence-electron chi connectivity index (χ0n) is 22.4. The summed E-state index contributed by atoms with van der Waals surface area (Å²) in [7, 11) is 1.46. The first kappa shape index (κ1) is 29.2. The normalized spacial score (nSPS) is 20.0. The third kappa shape index (κ3) is 6.12. The van der Waals surface area contributed by atoms with Crippen molar-refractivity contribution in [1.82, 2.24) is 24.9 Å². The molecule has 0 radical (unpaired) electrons. The number of hydrogen-bond donors (Lipinski definition) is 3. The van der Waals surface area contributed by atoms with Crippen LogP contribution < -0.4 is 19.9 Å². The van der Waals surface area contributed by atoms with Gasteiger partial charge in [-0.25, -0.2) is 29.1 Å². The highest BCUT2D eigenvalue weighted by Gasteiger charge is 2.47. The molecule has 1 saturated heterocycles. The van der Waals surface area contributed by atoms with Gasteiger partial charge >= 0.3 is 18.3 Å². The SMILES string of the molecule is COc1ncc(-c2ccc(N(C(=O)O)C3CCC(Nc4ncc(C(F)(F)F)c(N5CC(F)(CO)C5)n4)CC3)nc2)cn1. The van der Waals surface area contributed by atoms with E-state index in [1.165, 1.54) is 18.2 Å². The molecule has 1 aliphatic carbocycles. The number of aliphatic hydroxyl groups excluding tert-OH is 1. The second-order valence-corrected chi connectivity index (χ2v) is 10.3. The average Bonchev–Trinajstić information content (AvgIpc) is 2.96. The molecule has 0 bridgehead atoms. The van der Waals surface area contributed by atoms with Crippen LogP contribution in [0.5, 0.6) is 6.01 Å². The summed E-state index contributed by atoms with van der Waals surface area (Å²) in [6, 6.07) is 2.96. The summed E-state index contributed by atoms with van der Waals surface area (Å²) in [5.41, 5.74) is -1.69. The molecular weight excluding hydrogens is 564 g/mol. The van der Waals surface area contributed by atoms with E-state index in [-0.39, 0.29) is 29.9 Å². The molecule has 2 aliphatic rings. The summed E-state index contributed by atoms with van der Waals surface area (Å²) in [6.07, 6.45) is 1.35. The number of halogens is 4. The van der Waals surface area contributed by atoms with Crippen molar-refractivity contribution in [3.63, 3.8) is 0 Å². The predicted molar refractivity (Wildman–Crippen MR) is 142 cm³/mol. The molecule has 1 amide bonds. The van der Waals surface area contributed by atoms with E-state index >= 15 is 0 Å². The van der Waals surface area contributed by atoms with Crippen LogP contribution in [0.1, 0.15) is 31.2 Å². The topological polar surface area (TPSA) is 150 Å². The molecule has 3 aromatic rings. The summed E-state index contributed by atoms with van der Waals surface area (Å²) in [5.74, 6) is -0.242. The molecule has 224 valence electrons. The number of aliphatic hydroxyl groups is 1. The Kier molecular flexibility index (Phi) is 7.99. The van der Waals surface area contributed by atoms with Crippen LogP contribution in [-0.2, 0) is 6.18 Å². The van der Waals surface area contributed by atoms with Crippen LogP contribution in [0.25, 0.3) is 11.1 Å². The molecule has 0 aromatic carbocycles. The number of anilines is 3. The monoisotopic (exact) mass is 592 g/mol. The number of methoxy groups -OCH3 is 1. The fourth-order valence-corrected chi connectivity index (χ4v) is 5.14. The quantitative estimate of drug-likeness (QED) is 0.328. The Balaban J connectivity index is 1.24.